The number of nitriles is 1. The SMILES string of the molecule is COc1ccc(-c2cc([C@@H]3C[C@H]3C(=O)O)cs2)c(C#N)c1. The lowest BCUT2D eigenvalue weighted by Crippen LogP contribution is -1.98. The maximum absolute atomic E-state index is 10.9. The molecule has 1 N–H and O–H groups in total. The molecule has 2 aromatic rings. The van der Waals surface area contributed by atoms with E-state index in [2.05, 4.69) is 6.07 Å². The van der Waals surface area contributed by atoms with Gasteiger partial charge in [0.1, 0.15) is 5.75 Å². The van der Waals surface area contributed by atoms with Gasteiger partial charge in [-0.15, -0.1) is 11.3 Å². The molecule has 21 heavy (non-hydrogen) atoms. The Morgan fingerprint density at radius 2 is 2.29 bits per heavy atom. The van der Waals surface area contributed by atoms with E-state index in [-0.39, 0.29) is 11.8 Å². The fourth-order valence-corrected chi connectivity index (χ4v) is 3.50. The van der Waals surface area contributed by atoms with Crippen LogP contribution in [0.5, 0.6) is 5.75 Å². The summed E-state index contributed by atoms with van der Waals surface area (Å²) >= 11 is 1.54. The lowest BCUT2D eigenvalue weighted by molar-refractivity contribution is -0.138. The molecule has 1 aliphatic rings. The number of carboxylic acids is 1. The topological polar surface area (TPSA) is 70.3 Å². The van der Waals surface area contributed by atoms with Crippen molar-refractivity contribution in [3.05, 3.63) is 40.8 Å². The maximum atomic E-state index is 10.9. The van der Waals surface area contributed by atoms with Gasteiger partial charge in [-0.1, -0.05) is 0 Å². The first-order valence-corrected chi connectivity index (χ1v) is 7.41. The maximum Gasteiger partial charge on any atom is 0.307 e. The van der Waals surface area contributed by atoms with Crippen LogP contribution in [0.4, 0.5) is 0 Å². The number of aliphatic carboxylic acids is 1. The van der Waals surface area contributed by atoms with Crippen molar-refractivity contribution in [2.24, 2.45) is 5.92 Å². The first-order chi connectivity index (χ1) is 10.1. The second kappa shape index (κ2) is 5.23. The van der Waals surface area contributed by atoms with Crippen molar-refractivity contribution in [1.29, 1.82) is 5.26 Å². The van der Waals surface area contributed by atoms with Crippen LogP contribution < -0.4 is 4.74 Å². The fraction of sp³-hybridized carbons (Fsp3) is 0.250. The van der Waals surface area contributed by atoms with Crippen LogP contribution >= 0.6 is 11.3 Å². The minimum Gasteiger partial charge on any atom is -0.497 e. The lowest BCUT2D eigenvalue weighted by Gasteiger charge is -2.04. The number of methoxy groups -OCH3 is 1. The summed E-state index contributed by atoms with van der Waals surface area (Å²) in [6.45, 7) is 0. The van der Waals surface area contributed by atoms with Crippen molar-refractivity contribution in [3.63, 3.8) is 0 Å². The molecule has 0 unspecified atom stereocenters. The second-order valence-corrected chi connectivity index (χ2v) is 5.97. The molecule has 0 aliphatic heterocycles. The van der Waals surface area contributed by atoms with Crippen LogP contribution in [-0.4, -0.2) is 18.2 Å². The number of thiophene rings is 1. The predicted octanol–water partition coefficient (Wildman–Crippen LogP) is 3.48. The zero-order chi connectivity index (χ0) is 15.0. The molecule has 1 saturated carbocycles. The van der Waals surface area contributed by atoms with Crippen molar-refractivity contribution in [1.82, 2.24) is 0 Å². The molecule has 1 heterocycles. The minimum absolute atomic E-state index is 0.122. The van der Waals surface area contributed by atoms with Crippen molar-refractivity contribution in [2.45, 2.75) is 12.3 Å². The van der Waals surface area contributed by atoms with Gasteiger partial charge in [-0.2, -0.15) is 5.26 Å². The summed E-state index contributed by atoms with van der Waals surface area (Å²) in [6, 6.07) is 9.59. The Morgan fingerprint density at radius 1 is 1.48 bits per heavy atom. The van der Waals surface area contributed by atoms with Crippen LogP contribution in [0.15, 0.2) is 29.6 Å². The minimum atomic E-state index is -0.727. The van der Waals surface area contributed by atoms with E-state index >= 15 is 0 Å². The number of carbonyl (C=O) groups is 1. The number of ether oxygens (including phenoxy) is 1. The third-order valence-electron chi connectivity index (χ3n) is 3.77. The van der Waals surface area contributed by atoms with E-state index in [1.165, 1.54) is 0 Å². The van der Waals surface area contributed by atoms with Crippen LogP contribution in [-0.2, 0) is 4.79 Å². The van der Waals surface area contributed by atoms with Crippen molar-refractivity contribution >= 4 is 17.3 Å². The van der Waals surface area contributed by atoms with E-state index in [9.17, 15) is 10.1 Å². The van der Waals surface area contributed by atoms with Crippen LogP contribution in [0, 0.1) is 17.2 Å². The summed E-state index contributed by atoms with van der Waals surface area (Å²) in [5.74, 6) is -0.204. The first kappa shape index (κ1) is 13.7. The third kappa shape index (κ3) is 2.50. The third-order valence-corrected chi connectivity index (χ3v) is 4.75. The molecule has 1 aromatic carbocycles. The molecule has 2 atom stereocenters. The Morgan fingerprint density at radius 3 is 2.90 bits per heavy atom. The molecule has 1 aliphatic carbocycles. The standard InChI is InChI=1S/C16H13NO3S/c1-20-11-2-3-12(9(4-11)7-17)15-5-10(8-21-15)13-6-14(13)16(18)19/h2-5,8,13-14H,6H2,1H3,(H,18,19)/t13-,14+/m0/s1. The summed E-state index contributed by atoms with van der Waals surface area (Å²) in [4.78, 5) is 11.9. The molecule has 0 radical (unpaired) electrons. The number of hydrogen-bond acceptors (Lipinski definition) is 4. The van der Waals surface area contributed by atoms with Crippen LogP contribution in [0.3, 0.4) is 0 Å². The van der Waals surface area contributed by atoms with Crippen LogP contribution in [0.1, 0.15) is 23.5 Å². The van der Waals surface area contributed by atoms with Gasteiger partial charge in [0.2, 0.25) is 0 Å². The summed E-state index contributed by atoms with van der Waals surface area (Å²) < 4.78 is 5.13. The molecular formula is C16H13NO3S. The first-order valence-electron chi connectivity index (χ1n) is 6.53. The quantitative estimate of drug-likeness (QED) is 0.938. The molecule has 1 aromatic heterocycles. The summed E-state index contributed by atoms with van der Waals surface area (Å²) in [6.07, 6.45) is 0.708. The van der Waals surface area contributed by atoms with Gasteiger partial charge in [0.25, 0.3) is 0 Å². The van der Waals surface area contributed by atoms with Crippen molar-refractivity contribution in [2.75, 3.05) is 7.11 Å². The number of carboxylic acid groups (broad SMARTS) is 1. The number of benzene rings is 1. The van der Waals surface area contributed by atoms with Gasteiger partial charge < -0.3 is 9.84 Å². The van der Waals surface area contributed by atoms with Gasteiger partial charge in [-0.3, -0.25) is 4.79 Å². The van der Waals surface area contributed by atoms with Gasteiger partial charge in [0.05, 0.1) is 24.7 Å². The zero-order valence-electron chi connectivity index (χ0n) is 11.4. The van der Waals surface area contributed by atoms with Gasteiger partial charge in [-0.25, -0.2) is 0 Å². The van der Waals surface area contributed by atoms with Crippen LogP contribution in [0.2, 0.25) is 0 Å². The molecule has 0 amide bonds. The molecular weight excluding hydrogens is 286 g/mol. The summed E-state index contributed by atoms with van der Waals surface area (Å²) in [5.41, 5.74) is 2.48. The largest absolute Gasteiger partial charge is 0.497 e. The van der Waals surface area contributed by atoms with E-state index in [1.807, 2.05) is 23.6 Å². The number of nitrogens with zero attached hydrogens (tertiary/aromatic N) is 1. The molecule has 0 bridgehead atoms. The van der Waals surface area contributed by atoms with Gasteiger partial charge >= 0.3 is 5.97 Å². The highest BCUT2D eigenvalue weighted by Crippen LogP contribution is 2.49. The molecule has 3 rings (SSSR count). The average Bonchev–Trinajstić information content (AvgIpc) is 3.17. The predicted molar refractivity (Wildman–Crippen MR) is 79.5 cm³/mol. The number of hydrogen-bond donors (Lipinski definition) is 1. The van der Waals surface area contributed by atoms with E-state index < -0.39 is 5.97 Å². The molecule has 5 heteroatoms. The molecule has 1 fully saturated rings. The van der Waals surface area contributed by atoms with Gasteiger partial charge in [0, 0.05) is 10.4 Å². The molecule has 4 nitrogen and oxygen atoms in total. The Labute approximate surface area is 126 Å². The second-order valence-electron chi connectivity index (χ2n) is 5.05. The summed E-state index contributed by atoms with van der Waals surface area (Å²) in [7, 11) is 1.57. The normalized spacial score (nSPS) is 19.8. The average molecular weight is 299 g/mol. The number of rotatable bonds is 4. The van der Waals surface area contributed by atoms with E-state index in [0.717, 1.165) is 16.0 Å². The van der Waals surface area contributed by atoms with Crippen LogP contribution in [0.25, 0.3) is 10.4 Å². The molecule has 0 spiro atoms. The van der Waals surface area contributed by atoms with Gasteiger partial charge in [0.15, 0.2) is 0 Å². The molecule has 106 valence electrons. The zero-order valence-corrected chi connectivity index (χ0v) is 12.2. The highest BCUT2D eigenvalue weighted by Gasteiger charge is 2.44. The van der Waals surface area contributed by atoms with E-state index in [0.29, 0.717) is 17.7 Å². The fourth-order valence-electron chi connectivity index (χ4n) is 2.48. The Hall–Kier alpha value is -2.32. The van der Waals surface area contributed by atoms with E-state index in [1.54, 1.807) is 24.5 Å². The highest BCUT2D eigenvalue weighted by atomic mass is 32.1. The Balaban J connectivity index is 1.91. The lowest BCUT2D eigenvalue weighted by atomic mass is 10.0. The van der Waals surface area contributed by atoms with Gasteiger partial charge in [-0.05, 0) is 47.5 Å². The van der Waals surface area contributed by atoms with Crippen molar-refractivity contribution < 1.29 is 14.6 Å². The van der Waals surface area contributed by atoms with E-state index in [4.69, 9.17) is 9.84 Å². The Kier molecular flexibility index (Phi) is 3.40. The smallest absolute Gasteiger partial charge is 0.307 e. The Bertz CT molecular complexity index is 744. The highest BCUT2D eigenvalue weighted by molar-refractivity contribution is 7.13. The monoisotopic (exact) mass is 299 g/mol. The molecule has 0 saturated heterocycles. The summed E-state index contributed by atoms with van der Waals surface area (Å²) in [5, 5.41) is 20.3. The van der Waals surface area contributed by atoms with Crippen molar-refractivity contribution in [3.8, 4) is 22.3 Å².